The van der Waals surface area contributed by atoms with Gasteiger partial charge >= 0.3 is 12.0 Å². The van der Waals surface area contributed by atoms with Crippen LogP contribution in [0.15, 0.2) is 82.6 Å². The monoisotopic (exact) mass is 548 g/mol. The van der Waals surface area contributed by atoms with Crippen molar-refractivity contribution >= 4 is 35.1 Å². The number of carbonyl (C=O) groups is 2. The van der Waals surface area contributed by atoms with E-state index >= 15 is 0 Å². The van der Waals surface area contributed by atoms with E-state index in [9.17, 15) is 9.59 Å². The lowest BCUT2D eigenvalue weighted by atomic mass is 10.1. The van der Waals surface area contributed by atoms with Crippen molar-refractivity contribution in [2.24, 2.45) is 0 Å². The first-order chi connectivity index (χ1) is 19.0. The zero-order chi connectivity index (χ0) is 27.9. The van der Waals surface area contributed by atoms with Crippen LogP contribution < -0.4 is 19.7 Å². The minimum absolute atomic E-state index is 0.175. The van der Waals surface area contributed by atoms with Gasteiger partial charge in [0.2, 0.25) is 0 Å². The van der Waals surface area contributed by atoms with Gasteiger partial charge < -0.3 is 14.8 Å². The molecule has 0 unspecified atom stereocenters. The Morgan fingerprint density at radius 2 is 1.46 bits per heavy atom. The third kappa shape index (κ3) is 9.98. The van der Waals surface area contributed by atoms with Crippen LogP contribution in [-0.2, 0) is 4.79 Å². The zero-order valence-corrected chi connectivity index (χ0v) is 24.1. The Labute approximate surface area is 237 Å². The van der Waals surface area contributed by atoms with Gasteiger partial charge in [0.15, 0.2) is 0 Å². The number of nitrogens with zero attached hydrogens (tertiary/aromatic N) is 1. The quantitative estimate of drug-likeness (QED) is 0.117. The van der Waals surface area contributed by atoms with Crippen LogP contribution in [0.25, 0.3) is 0 Å². The smallest absolute Gasteiger partial charge is 0.326 e. The predicted molar refractivity (Wildman–Crippen MR) is 160 cm³/mol. The summed E-state index contributed by atoms with van der Waals surface area (Å²) in [7, 11) is 0. The Morgan fingerprint density at radius 3 is 2.13 bits per heavy atom. The highest BCUT2D eigenvalue weighted by Gasteiger charge is 2.17. The van der Waals surface area contributed by atoms with E-state index in [-0.39, 0.29) is 12.0 Å². The van der Waals surface area contributed by atoms with Crippen molar-refractivity contribution in [3.63, 3.8) is 0 Å². The molecule has 2 amide bonds. The van der Waals surface area contributed by atoms with Crippen LogP contribution in [0, 0.1) is 0 Å². The van der Waals surface area contributed by atoms with E-state index in [0.717, 1.165) is 34.7 Å². The number of urea groups is 1. The summed E-state index contributed by atoms with van der Waals surface area (Å²) >= 11 is 1.62. The van der Waals surface area contributed by atoms with Crippen LogP contribution in [0.1, 0.15) is 65.7 Å². The summed E-state index contributed by atoms with van der Waals surface area (Å²) in [5.74, 6) is 1.00. The van der Waals surface area contributed by atoms with Crippen LogP contribution in [0.3, 0.4) is 0 Å². The highest BCUT2D eigenvalue weighted by Crippen LogP contribution is 2.31. The Morgan fingerprint density at radius 1 is 0.795 bits per heavy atom. The molecule has 0 atom stereocenters. The van der Waals surface area contributed by atoms with Gasteiger partial charge in [-0.3, -0.25) is 9.69 Å². The van der Waals surface area contributed by atoms with Crippen molar-refractivity contribution in [3.8, 4) is 11.5 Å². The molecule has 0 fully saturated rings. The highest BCUT2D eigenvalue weighted by atomic mass is 32.2. The number of ether oxygens (including phenoxy) is 2. The molecule has 0 aliphatic heterocycles. The number of esters is 1. The third-order valence-corrected chi connectivity index (χ3v) is 7.07. The van der Waals surface area contributed by atoms with Crippen molar-refractivity contribution < 1.29 is 19.1 Å². The molecule has 0 saturated carbocycles. The standard InChI is InChI=1S/C32H40N2O4S/c1-4-7-8-9-12-24-34(32(36)33-29-14-10-11-15-30(29)37-6-3)25-16-20-27(21-17-25)39-28-22-18-26(19-23-28)38-31(35)13-5-2/h10-11,14-23H,4-9,12-13,24H2,1-3H3,(H,33,36). The van der Waals surface area contributed by atoms with Crippen LogP contribution in [-0.4, -0.2) is 25.2 Å². The Balaban J connectivity index is 1.69. The average molecular weight is 549 g/mol. The number of hydrogen-bond donors (Lipinski definition) is 1. The van der Waals surface area contributed by atoms with Crippen LogP contribution in [0.2, 0.25) is 0 Å². The van der Waals surface area contributed by atoms with E-state index in [1.54, 1.807) is 11.8 Å². The second-order valence-corrected chi connectivity index (χ2v) is 10.4. The third-order valence-electron chi connectivity index (χ3n) is 6.05. The van der Waals surface area contributed by atoms with Crippen molar-refractivity contribution in [2.45, 2.75) is 75.5 Å². The Kier molecular flexibility index (Phi) is 12.7. The summed E-state index contributed by atoms with van der Waals surface area (Å²) in [6, 6.07) is 22.9. The number of benzene rings is 3. The first-order valence-electron chi connectivity index (χ1n) is 13.9. The summed E-state index contributed by atoms with van der Waals surface area (Å²) < 4.78 is 11.0. The van der Waals surface area contributed by atoms with Crippen molar-refractivity contribution in [2.75, 3.05) is 23.4 Å². The first kappa shape index (κ1) is 30.1. The van der Waals surface area contributed by atoms with E-state index in [2.05, 4.69) is 12.2 Å². The van der Waals surface area contributed by atoms with E-state index in [1.165, 1.54) is 19.3 Å². The highest BCUT2D eigenvalue weighted by molar-refractivity contribution is 7.99. The lowest BCUT2D eigenvalue weighted by molar-refractivity contribution is -0.134. The number of nitrogens with one attached hydrogen (secondary N) is 1. The summed E-state index contributed by atoms with van der Waals surface area (Å²) in [4.78, 5) is 29.1. The van der Waals surface area contributed by atoms with Gasteiger partial charge in [-0.15, -0.1) is 0 Å². The summed E-state index contributed by atoms with van der Waals surface area (Å²) in [6.07, 6.45) is 6.77. The largest absolute Gasteiger partial charge is 0.492 e. The molecule has 6 nitrogen and oxygen atoms in total. The molecule has 0 aliphatic carbocycles. The van der Waals surface area contributed by atoms with Gasteiger partial charge in [-0.05, 0) is 80.4 Å². The number of unbranched alkanes of at least 4 members (excludes halogenated alkanes) is 4. The van der Waals surface area contributed by atoms with Crippen LogP contribution >= 0.6 is 11.8 Å². The molecule has 3 aromatic carbocycles. The molecule has 3 rings (SSSR count). The summed E-state index contributed by atoms with van der Waals surface area (Å²) in [5, 5.41) is 3.05. The lowest BCUT2D eigenvalue weighted by Crippen LogP contribution is -2.36. The second kappa shape index (κ2) is 16.5. The van der Waals surface area contributed by atoms with Gasteiger partial charge in [0.05, 0.1) is 12.3 Å². The lowest BCUT2D eigenvalue weighted by Gasteiger charge is -2.24. The summed E-state index contributed by atoms with van der Waals surface area (Å²) in [5.41, 5.74) is 1.51. The van der Waals surface area contributed by atoms with E-state index < -0.39 is 0 Å². The molecule has 0 bridgehead atoms. The molecule has 39 heavy (non-hydrogen) atoms. The Hall–Kier alpha value is -3.45. The molecule has 1 N–H and O–H groups in total. The molecule has 0 heterocycles. The summed E-state index contributed by atoms with van der Waals surface area (Å²) in [6.45, 7) is 7.24. The number of hydrogen-bond acceptors (Lipinski definition) is 5. The fraction of sp³-hybridized carbons (Fsp3) is 0.375. The van der Waals surface area contributed by atoms with Gasteiger partial charge in [0.25, 0.3) is 0 Å². The molecule has 0 saturated heterocycles. The van der Waals surface area contributed by atoms with Gasteiger partial charge in [0.1, 0.15) is 11.5 Å². The van der Waals surface area contributed by atoms with Crippen molar-refractivity contribution in [3.05, 3.63) is 72.8 Å². The molecule has 0 radical (unpaired) electrons. The molecule has 0 aromatic heterocycles. The Bertz CT molecular complexity index is 1170. The molecule has 208 valence electrons. The SMILES string of the molecule is CCCCCCCN(C(=O)Nc1ccccc1OCC)c1ccc(Sc2ccc(OC(=O)CCC)cc2)cc1. The second-order valence-electron chi connectivity index (χ2n) is 9.22. The molecule has 7 heteroatoms. The van der Waals surface area contributed by atoms with Crippen LogP contribution in [0.5, 0.6) is 11.5 Å². The molecule has 0 spiro atoms. The number of amides is 2. The van der Waals surface area contributed by atoms with Gasteiger partial charge in [0, 0.05) is 28.4 Å². The van der Waals surface area contributed by atoms with Gasteiger partial charge in [-0.2, -0.15) is 0 Å². The molecule has 3 aromatic rings. The molecule has 0 aliphatic rings. The normalized spacial score (nSPS) is 10.6. The number of para-hydroxylation sites is 2. The predicted octanol–water partition coefficient (Wildman–Crippen LogP) is 8.95. The van der Waals surface area contributed by atoms with E-state index in [1.807, 2.05) is 91.5 Å². The zero-order valence-electron chi connectivity index (χ0n) is 23.3. The van der Waals surface area contributed by atoms with Crippen LogP contribution in [0.4, 0.5) is 16.2 Å². The van der Waals surface area contributed by atoms with E-state index in [0.29, 0.717) is 36.8 Å². The molecular weight excluding hydrogens is 508 g/mol. The maximum Gasteiger partial charge on any atom is 0.326 e. The van der Waals surface area contributed by atoms with Crippen molar-refractivity contribution in [1.29, 1.82) is 0 Å². The number of rotatable bonds is 15. The average Bonchev–Trinajstić information content (AvgIpc) is 2.94. The first-order valence-corrected chi connectivity index (χ1v) is 14.7. The van der Waals surface area contributed by atoms with E-state index in [4.69, 9.17) is 9.47 Å². The van der Waals surface area contributed by atoms with Gasteiger partial charge in [-0.25, -0.2) is 4.79 Å². The fourth-order valence-electron chi connectivity index (χ4n) is 4.05. The molecular formula is C32H40N2O4S. The van der Waals surface area contributed by atoms with Gasteiger partial charge in [-0.1, -0.05) is 63.4 Å². The number of anilines is 2. The maximum absolute atomic E-state index is 13.4. The topological polar surface area (TPSA) is 67.9 Å². The fourth-order valence-corrected chi connectivity index (χ4v) is 4.86. The minimum atomic E-state index is -0.214. The van der Waals surface area contributed by atoms with Crippen molar-refractivity contribution in [1.82, 2.24) is 0 Å². The number of carbonyl (C=O) groups excluding carboxylic acids is 2. The minimum Gasteiger partial charge on any atom is -0.492 e. The maximum atomic E-state index is 13.4.